The van der Waals surface area contributed by atoms with Gasteiger partial charge in [-0.3, -0.25) is 9.69 Å². The monoisotopic (exact) mass is 426 g/mol. The van der Waals surface area contributed by atoms with Gasteiger partial charge in [-0.15, -0.1) is 11.3 Å². The molecule has 2 aromatic rings. The van der Waals surface area contributed by atoms with Crippen LogP contribution < -0.4 is 5.32 Å². The molecule has 1 amide bonds. The number of thiophene rings is 1. The topological polar surface area (TPSA) is 69.6 Å². The Morgan fingerprint density at radius 2 is 1.60 bits per heavy atom. The Morgan fingerprint density at radius 1 is 0.933 bits per heavy atom. The highest BCUT2D eigenvalue weighted by Crippen LogP contribution is 2.46. The summed E-state index contributed by atoms with van der Waals surface area (Å²) in [5.41, 5.74) is 1.26. The molecule has 1 saturated carbocycles. The summed E-state index contributed by atoms with van der Waals surface area (Å²) in [4.78, 5) is 28.5. The van der Waals surface area contributed by atoms with E-state index in [1.807, 2.05) is 6.07 Å². The number of carbonyl (C=O) groups is 2. The normalized spacial score (nSPS) is 19.3. The highest BCUT2D eigenvalue weighted by atomic mass is 32.1. The van der Waals surface area contributed by atoms with Crippen molar-refractivity contribution < 1.29 is 14.7 Å². The van der Waals surface area contributed by atoms with Crippen molar-refractivity contribution in [2.75, 3.05) is 13.1 Å². The predicted molar refractivity (Wildman–Crippen MR) is 119 cm³/mol. The van der Waals surface area contributed by atoms with Gasteiger partial charge in [0.1, 0.15) is 0 Å². The van der Waals surface area contributed by atoms with Gasteiger partial charge >= 0.3 is 5.97 Å². The number of carbonyl (C=O) groups excluding carboxylic acids is 1. The molecule has 0 unspecified atom stereocenters. The molecule has 5 nitrogen and oxygen atoms in total. The fraction of sp³-hybridized carbons (Fsp3) is 0.500. The lowest BCUT2D eigenvalue weighted by Gasteiger charge is -2.48. The van der Waals surface area contributed by atoms with Gasteiger partial charge in [0.05, 0.1) is 16.0 Å². The quantitative estimate of drug-likeness (QED) is 0.680. The number of benzene rings is 1. The molecule has 2 fully saturated rings. The van der Waals surface area contributed by atoms with Crippen LogP contribution in [0.1, 0.15) is 81.8 Å². The van der Waals surface area contributed by atoms with Crippen molar-refractivity contribution >= 4 is 23.2 Å². The number of carboxylic acids is 1. The fourth-order valence-corrected chi connectivity index (χ4v) is 6.12. The van der Waals surface area contributed by atoms with Crippen molar-refractivity contribution in [3.8, 4) is 0 Å². The Morgan fingerprint density at radius 3 is 2.27 bits per heavy atom. The minimum absolute atomic E-state index is 0.0573. The lowest BCUT2D eigenvalue weighted by atomic mass is 9.78. The number of hydrogen-bond acceptors (Lipinski definition) is 4. The number of aromatic carboxylic acids is 1. The van der Waals surface area contributed by atoms with Gasteiger partial charge in [-0.2, -0.15) is 0 Å². The minimum atomic E-state index is -0.943. The number of carboxylic acid groups (broad SMARTS) is 1. The Bertz CT molecular complexity index is 878. The largest absolute Gasteiger partial charge is 0.478 e. The summed E-state index contributed by atoms with van der Waals surface area (Å²) >= 11 is 1.65. The van der Waals surface area contributed by atoms with Crippen LogP contribution in [-0.2, 0) is 12.1 Å². The summed E-state index contributed by atoms with van der Waals surface area (Å²) in [6.45, 7) is 2.74. The second kappa shape index (κ2) is 9.31. The second-order valence-electron chi connectivity index (χ2n) is 8.49. The lowest BCUT2D eigenvalue weighted by molar-refractivity contribution is 0.0332. The van der Waals surface area contributed by atoms with Gasteiger partial charge in [-0.05, 0) is 68.6 Å². The maximum atomic E-state index is 12.8. The van der Waals surface area contributed by atoms with Crippen molar-refractivity contribution in [1.29, 1.82) is 0 Å². The van der Waals surface area contributed by atoms with Crippen LogP contribution in [0.3, 0.4) is 0 Å². The molecule has 2 N–H and O–H groups in total. The molecule has 1 aliphatic heterocycles. The van der Waals surface area contributed by atoms with Crippen molar-refractivity contribution in [1.82, 2.24) is 10.2 Å². The first-order valence-electron chi connectivity index (χ1n) is 11.0. The summed E-state index contributed by atoms with van der Waals surface area (Å²) in [5.74, 6) is -1.000. The number of hydrogen-bond donors (Lipinski definition) is 2. The molecule has 2 heterocycles. The van der Waals surface area contributed by atoms with Crippen LogP contribution in [0.2, 0.25) is 0 Å². The van der Waals surface area contributed by atoms with Crippen LogP contribution in [0.15, 0.2) is 36.4 Å². The maximum absolute atomic E-state index is 12.8. The third kappa shape index (κ3) is 4.44. The van der Waals surface area contributed by atoms with E-state index in [1.165, 1.54) is 69.3 Å². The number of nitrogens with zero attached hydrogens (tertiary/aromatic N) is 1. The molecule has 0 spiro atoms. The van der Waals surface area contributed by atoms with Crippen LogP contribution in [0.25, 0.3) is 0 Å². The third-order valence-corrected chi connectivity index (χ3v) is 7.86. The Balaban J connectivity index is 1.45. The first-order valence-corrected chi connectivity index (χ1v) is 11.9. The second-order valence-corrected chi connectivity index (χ2v) is 9.57. The number of piperidine rings is 1. The molecule has 1 aromatic carbocycles. The summed E-state index contributed by atoms with van der Waals surface area (Å²) in [5, 5.41) is 12.0. The summed E-state index contributed by atoms with van der Waals surface area (Å²) in [6.07, 6.45) is 10.1. The molecule has 0 bridgehead atoms. The Labute approximate surface area is 182 Å². The fourth-order valence-electron chi connectivity index (χ4n) is 4.92. The van der Waals surface area contributed by atoms with E-state index in [0.717, 1.165) is 10.4 Å². The van der Waals surface area contributed by atoms with Crippen LogP contribution in [-0.4, -0.2) is 35.0 Å². The SMILES string of the molecule is O=C(O)c1ccc(CNC(=O)c2ccc(C3(N4CCCCC4)CCCCC3)s2)cc1. The lowest BCUT2D eigenvalue weighted by Crippen LogP contribution is -2.49. The predicted octanol–water partition coefficient (Wildman–Crippen LogP) is 5.02. The van der Waals surface area contributed by atoms with E-state index in [2.05, 4.69) is 16.3 Å². The summed E-state index contributed by atoms with van der Waals surface area (Å²) in [6, 6.07) is 10.8. The Hall–Kier alpha value is -2.18. The molecule has 160 valence electrons. The molecular weight excluding hydrogens is 396 g/mol. The van der Waals surface area contributed by atoms with E-state index in [-0.39, 0.29) is 17.0 Å². The molecule has 6 heteroatoms. The van der Waals surface area contributed by atoms with Gasteiger partial charge in [0.25, 0.3) is 5.91 Å². The van der Waals surface area contributed by atoms with Gasteiger partial charge in [-0.25, -0.2) is 4.79 Å². The molecule has 30 heavy (non-hydrogen) atoms. The van der Waals surface area contributed by atoms with E-state index >= 15 is 0 Å². The van der Waals surface area contributed by atoms with Gasteiger partial charge < -0.3 is 10.4 Å². The number of likely N-dealkylation sites (tertiary alicyclic amines) is 1. The van der Waals surface area contributed by atoms with Crippen LogP contribution in [0, 0.1) is 0 Å². The zero-order valence-electron chi connectivity index (χ0n) is 17.4. The number of rotatable bonds is 6. The average molecular weight is 427 g/mol. The molecule has 4 rings (SSSR count). The average Bonchev–Trinajstić information content (AvgIpc) is 3.30. The van der Waals surface area contributed by atoms with Gasteiger partial charge in [0.15, 0.2) is 0 Å². The molecule has 1 aliphatic carbocycles. The van der Waals surface area contributed by atoms with Crippen LogP contribution in [0.4, 0.5) is 0 Å². The molecule has 2 aliphatic rings. The van der Waals surface area contributed by atoms with E-state index in [4.69, 9.17) is 5.11 Å². The van der Waals surface area contributed by atoms with Gasteiger partial charge in [-0.1, -0.05) is 37.8 Å². The molecule has 1 aromatic heterocycles. The maximum Gasteiger partial charge on any atom is 0.335 e. The first kappa shape index (κ1) is 21.1. The standard InChI is InChI=1S/C24H30N2O3S/c27-22(25-17-18-7-9-19(10-8-18)23(28)29)20-11-12-21(30-20)24(13-3-1-4-14-24)26-15-5-2-6-16-26/h7-12H,1-6,13-17H2,(H,25,27)(H,28,29). The Kier molecular flexibility index (Phi) is 6.54. The summed E-state index contributed by atoms with van der Waals surface area (Å²) in [7, 11) is 0. The number of nitrogens with one attached hydrogen (secondary N) is 1. The van der Waals surface area contributed by atoms with Crippen molar-refractivity contribution in [2.45, 2.75) is 63.5 Å². The molecular formula is C24H30N2O3S. The first-order chi connectivity index (χ1) is 14.6. The highest BCUT2D eigenvalue weighted by Gasteiger charge is 2.41. The van der Waals surface area contributed by atoms with Crippen molar-refractivity contribution in [3.63, 3.8) is 0 Å². The third-order valence-electron chi connectivity index (χ3n) is 6.58. The highest BCUT2D eigenvalue weighted by molar-refractivity contribution is 7.14. The molecule has 1 saturated heterocycles. The van der Waals surface area contributed by atoms with E-state index in [0.29, 0.717) is 6.54 Å². The van der Waals surface area contributed by atoms with Gasteiger partial charge in [0.2, 0.25) is 0 Å². The van der Waals surface area contributed by atoms with Gasteiger partial charge in [0, 0.05) is 11.4 Å². The minimum Gasteiger partial charge on any atom is -0.478 e. The zero-order valence-corrected chi connectivity index (χ0v) is 18.2. The van der Waals surface area contributed by atoms with E-state index in [9.17, 15) is 9.59 Å². The molecule has 0 radical (unpaired) electrons. The molecule has 0 atom stereocenters. The van der Waals surface area contributed by atoms with Crippen LogP contribution >= 0.6 is 11.3 Å². The van der Waals surface area contributed by atoms with Crippen molar-refractivity contribution in [2.24, 2.45) is 0 Å². The van der Waals surface area contributed by atoms with Crippen LogP contribution in [0.5, 0.6) is 0 Å². The van der Waals surface area contributed by atoms with E-state index in [1.54, 1.807) is 35.6 Å². The van der Waals surface area contributed by atoms with E-state index < -0.39 is 5.97 Å². The number of amides is 1. The van der Waals surface area contributed by atoms with Crippen molar-refractivity contribution in [3.05, 3.63) is 57.3 Å². The smallest absolute Gasteiger partial charge is 0.335 e. The zero-order chi connectivity index (χ0) is 21.0. The summed E-state index contributed by atoms with van der Waals surface area (Å²) < 4.78 is 0.